The second-order valence-electron chi connectivity index (χ2n) is 8.43. The van der Waals surface area contributed by atoms with E-state index in [1.54, 1.807) is 17.9 Å². The number of benzene rings is 2. The third kappa shape index (κ3) is 4.31. The van der Waals surface area contributed by atoms with Crippen LogP contribution in [-0.4, -0.2) is 31.4 Å². The average Bonchev–Trinajstić information content (AvgIpc) is 3.15. The Kier molecular flexibility index (Phi) is 6.00. The molecule has 0 saturated carbocycles. The normalized spacial score (nSPS) is 18.3. The third-order valence-electron chi connectivity index (χ3n) is 6.08. The Morgan fingerprint density at radius 3 is 2.67 bits per heavy atom. The van der Waals surface area contributed by atoms with Crippen LogP contribution in [0.5, 0.6) is 0 Å². The topological polar surface area (TPSA) is 52.7 Å². The molecule has 0 radical (unpaired) electrons. The summed E-state index contributed by atoms with van der Waals surface area (Å²) in [5.74, 6) is 0.595. The summed E-state index contributed by atoms with van der Waals surface area (Å²) in [7, 11) is 0. The molecule has 30 heavy (non-hydrogen) atoms. The highest BCUT2D eigenvalue weighted by molar-refractivity contribution is 6.33. The Hall–Kier alpha value is -2.53. The van der Waals surface area contributed by atoms with Gasteiger partial charge in [0, 0.05) is 44.4 Å². The number of carbonyl (C=O) groups excluding carboxylic acids is 2. The molecule has 0 bridgehead atoms. The number of amides is 2. The van der Waals surface area contributed by atoms with Crippen molar-refractivity contribution in [2.24, 2.45) is 5.92 Å². The van der Waals surface area contributed by atoms with Crippen LogP contribution in [0.15, 0.2) is 36.4 Å². The van der Waals surface area contributed by atoms with Gasteiger partial charge >= 0.3 is 0 Å². The molecule has 1 atom stereocenters. The highest BCUT2D eigenvalue weighted by Gasteiger charge is 2.23. The van der Waals surface area contributed by atoms with E-state index >= 15 is 0 Å². The van der Waals surface area contributed by atoms with E-state index in [4.69, 9.17) is 11.6 Å². The molecule has 1 fully saturated rings. The molecule has 2 aromatic rings. The van der Waals surface area contributed by atoms with Gasteiger partial charge in [-0.2, -0.15) is 0 Å². The van der Waals surface area contributed by atoms with Crippen molar-refractivity contribution in [1.29, 1.82) is 0 Å². The smallest absolute Gasteiger partial charge is 0.251 e. The first-order valence-electron chi connectivity index (χ1n) is 10.6. The predicted octanol–water partition coefficient (Wildman–Crippen LogP) is 4.42. The summed E-state index contributed by atoms with van der Waals surface area (Å²) < 4.78 is 0. The number of nitrogens with one attached hydrogen (secondary N) is 1. The van der Waals surface area contributed by atoms with Crippen molar-refractivity contribution in [3.05, 3.63) is 58.1 Å². The van der Waals surface area contributed by atoms with Crippen molar-refractivity contribution in [3.63, 3.8) is 0 Å². The van der Waals surface area contributed by atoms with Gasteiger partial charge in [-0.25, -0.2) is 0 Å². The summed E-state index contributed by atoms with van der Waals surface area (Å²) in [5, 5.41) is 3.72. The zero-order chi connectivity index (χ0) is 21.3. The van der Waals surface area contributed by atoms with Gasteiger partial charge in [-0.1, -0.05) is 24.6 Å². The molecule has 0 spiro atoms. The number of anilines is 2. The maximum absolute atomic E-state index is 12.6. The number of nitrogens with zero attached hydrogens (tertiary/aromatic N) is 2. The second kappa shape index (κ2) is 8.68. The van der Waals surface area contributed by atoms with Crippen LogP contribution in [0.25, 0.3) is 0 Å². The van der Waals surface area contributed by atoms with E-state index in [-0.39, 0.29) is 11.8 Å². The minimum atomic E-state index is -0.121. The number of hydrogen-bond acceptors (Lipinski definition) is 3. The largest absolute Gasteiger partial charge is 0.370 e. The molecule has 6 heteroatoms. The first kappa shape index (κ1) is 20.7. The highest BCUT2D eigenvalue weighted by Crippen LogP contribution is 2.31. The van der Waals surface area contributed by atoms with Crippen molar-refractivity contribution < 1.29 is 9.59 Å². The molecule has 4 rings (SSSR count). The summed E-state index contributed by atoms with van der Waals surface area (Å²) in [6.45, 7) is 7.02. The molecular weight excluding hydrogens is 398 g/mol. The molecule has 1 N–H and O–H groups in total. The van der Waals surface area contributed by atoms with Crippen LogP contribution in [-0.2, 0) is 17.8 Å². The zero-order valence-electron chi connectivity index (χ0n) is 17.6. The first-order valence-corrected chi connectivity index (χ1v) is 11.0. The van der Waals surface area contributed by atoms with Crippen molar-refractivity contribution in [3.8, 4) is 0 Å². The van der Waals surface area contributed by atoms with Crippen molar-refractivity contribution in [2.75, 3.05) is 29.4 Å². The molecule has 2 aliphatic heterocycles. The zero-order valence-corrected chi connectivity index (χ0v) is 18.3. The fourth-order valence-electron chi connectivity index (χ4n) is 4.48. The quantitative estimate of drug-likeness (QED) is 0.789. The molecule has 2 aromatic carbocycles. The van der Waals surface area contributed by atoms with Gasteiger partial charge in [0.1, 0.15) is 0 Å². The highest BCUT2D eigenvalue weighted by atomic mass is 35.5. The molecule has 2 amide bonds. The Labute approximate surface area is 183 Å². The van der Waals surface area contributed by atoms with Gasteiger partial charge in [-0.3, -0.25) is 9.59 Å². The number of piperidine rings is 1. The fourth-order valence-corrected chi connectivity index (χ4v) is 4.80. The van der Waals surface area contributed by atoms with Gasteiger partial charge in [-0.05, 0) is 66.6 Å². The summed E-state index contributed by atoms with van der Waals surface area (Å²) in [6, 6.07) is 11.6. The molecule has 1 saturated heterocycles. The summed E-state index contributed by atoms with van der Waals surface area (Å²) in [5.41, 5.74) is 4.62. The van der Waals surface area contributed by atoms with E-state index in [9.17, 15) is 9.59 Å². The van der Waals surface area contributed by atoms with Gasteiger partial charge < -0.3 is 15.1 Å². The van der Waals surface area contributed by atoms with E-state index in [0.29, 0.717) is 24.6 Å². The van der Waals surface area contributed by atoms with E-state index in [1.165, 1.54) is 12.8 Å². The third-order valence-corrected chi connectivity index (χ3v) is 6.38. The first-order chi connectivity index (χ1) is 14.4. The number of rotatable bonds is 4. The van der Waals surface area contributed by atoms with E-state index < -0.39 is 0 Å². The molecule has 0 aliphatic carbocycles. The van der Waals surface area contributed by atoms with Crippen LogP contribution < -0.4 is 15.1 Å². The van der Waals surface area contributed by atoms with Crippen LogP contribution in [0, 0.1) is 5.92 Å². The van der Waals surface area contributed by atoms with Gasteiger partial charge in [-0.15, -0.1) is 0 Å². The molecule has 2 heterocycles. The van der Waals surface area contributed by atoms with Crippen LogP contribution >= 0.6 is 11.6 Å². The minimum absolute atomic E-state index is 0.0327. The second-order valence-corrected chi connectivity index (χ2v) is 8.83. The Balaban J connectivity index is 1.39. The van der Waals surface area contributed by atoms with Gasteiger partial charge in [0.15, 0.2) is 0 Å². The average molecular weight is 426 g/mol. The monoisotopic (exact) mass is 425 g/mol. The van der Waals surface area contributed by atoms with E-state index in [2.05, 4.69) is 23.2 Å². The van der Waals surface area contributed by atoms with Crippen molar-refractivity contribution in [1.82, 2.24) is 5.32 Å². The molecular formula is C24H28ClN3O2. The number of fused-ring (bicyclic) bond motifs is 1. The van der Waals surface area contributed by atoms with Gasteiger partial charge in [0.25, 0.3) is 5.91 Å². The number of hydrogen-bond donors (Lipinski definition) is 1. The van der Waals surface area contributed by atoms with Crippen LogP contribution in [0.4, 0.5) is 11.4 Å². The maximum atomic E-state index is 12.6. The van der Waals surface area contributed by atoms with Crippen LogP contribution in [0.2, 0.25) is 5.02 Å². The molecule has 0 unspecified atom stereocenters. The Morgan fingerprint density at radius 2 is 1.93 bits per heavy atom. The minimum Gasteiger partial charge on any atom is -0.370 e. The fraction of sp³-hybridized carbons (Fsp3) is 0.417. The summed E-state index contributed by atoms with van der Waals surface area (Å²) in [4.78, 5) is 28.4. The van der Waals surface area contributed by atoms with E-state index in [1.807, 2.05) is 24.3 Å². The lowest BCUT2D eigenvalue weighted by atomic mass is 9.99. The molecule has 5 nitrogen and oxygen atoms in total. The molecule has 2 aliphatic rings. The van der Waals surface area contributed by atoms with Gasteiger partial charge in [0.05, 0.1) is 10.7 Å². The number of carbonyl (C=O) groups is 2. The van der Waals surface area contributed by atoms with Crippen molar-refractivity contribution >= 4 is 34.8 Å². The molecule has 0 aromatic heterocycles. The summed E-state index contributed by atoms with van der Waals surface area (Å²) in [6.07, 6.45) is 3.25. The lowest BCUT2D eigenvalue weighted by Gasteiger charge is -2.33. The predicted molar refractivity (Wildman–Crippen MR) is 121 cm³/mol. The van der Waals surface area contributed by atoms with E-state index in [0.717, 1.165) is 47.0 Å². The standard InChI is InChI=1S/C24H28ClN3O2/c1-16-4-3-10-27(15-16)23-7-5-18(12-21(23)25)14-26-24(30)20-6-8-22-19(13-20)9-11-28(22)17(2)29/h5-8,12-13,16H,3-4,9-11,14-15H2,1-2H3,(H,26,30)/t16-/m1/s1. The SMILES string of the molecule is CC(=O)N1CCc2cc(C(=O)NCc3ccc(N4CCC[C@@H](C)C4)c(Cl)c3)ccc21. The van der Waals surface area contributed by atoms with Crippen LogP contribution in [0.3, 0.4) is 0 Å². The lowest BCUT2D eigenvalue weighted by Crippen LogP contribution is -2.34. The molecule has 158 valence electrons. The Morgan fingerprint density at radius 1 is 1.13 bits per heavy atom. The van der Waals surface area contributed by atoms with Crippen molar-refractivity contribution in [2.45, 2.75) is 39.7 Å². The Bertz CT molecular complexity index is 975. The van der Waals surface area contributed by atoms with Gasteiger partial charge in [0.2, 0.25) is 5.91 Å². The summed E-state index contributed by atoms with van der Waals surface area (Å²) >= 11 is 6.56. The van der Waals surface area contributed by atoms with Crippen LogP contribution in [0.1, 0.15) is 48.2 Å². The number of halogens is 1. The lowest BCUT2D eigenvalue weighted by molar-refractivity contribution is -0.116. The maximum Gasteiger partial charge on any atom is 0.251 e.